The molecule has 0 heterocycles. The zero-order chi connectivity index (χ0) is 14.1. The average Bonchev–Trinajstić information content (AvgIpc) is 2.40. The van der Waals surface area contributed by atoms with Crippen LogP contribution in [0, 0.1) is 5.92 Å². The first kappa shape index (κ1) is 19.3. The van der Waals surface area contributed by atoms with Gasteiger partial charge in [-0.25, -0.2) is 0 Å². The molecule has 0 radical (unpaired) electrons. The number of rotatable bonds is 6. The van der Waals surface area contributed by atoms with Crippen molar-refractivity contribution in [3.05, 3.63) is 29.3 Å². The maximum atomic E-state index is 5.80. The van der Waals surface area contributed by atoms with E-state index in [4.69, 9.17) is 16.3 Å². The fraction of sp³-hybridized carbons (Fsp3) is 0.500. The van der Waals surface area contributed by atoms with Crippen molar-refractivity contribution in [2.24, 2.45) is 10.9 Å². The Bertz CT molecular complexity index is 396. The van der Waals surface area contributed by atoms with Gasteiger partial charge in [-0.15, -0.1) is 24.0 Å². The summed E-state index contributed by atoms with van der Waals surface area (Å²) in [5.41, 5.74) is 0. The molecule has 0 saturated carbocycles. The third-order valence-electron chi connectivity index (χ3n) is 2.38. The van der Waals surface area contributed by atoms with Crippen molar-refractivity contribution in [3.8, 4) is 5.75 Å². The van der Waals surface area contributed by atoms with Crippen LogP contribution in [-0.2, 0) is 0 Å². The molecule has 0 amide bonds. The van der Waals surface area contributed by atoms with E-state index < -0.39 is 0 Å². The molecule has 4 nitrogen and oxygen atoms in total. The summed E-state index contributed by atoms with van der Waals surface area (Å²) in [6.07, 6.45) is 0. The Morgan fingerprint density at radius 1 is 1.25 bits per heavy atom. The molecule has 6 heteroatoms. The lowest BCUT2D eigenvalue weighted by Gasteiger charge is -2.13. The van der Waals surface area contributed by atoms with E-state index in [9.17, 15) is 0 Å². The fourth-order valence-corrected chi connectivity index (χ4v) is 1.52. The number of nitrogens with one attached hydrogen (secondary N) is 2. The van der Waals surface area contributed by atoms with E-state index >= 15 is 0 Å². The van der Waals surface area contributed by atoms with Crippen molar-refractivity contribution in [1.82, 2.24) is 10.6 Å². The molecule has 1 rings (SSSR count). The van der Waals surface area contributed by atoms with Gasteiger partial charge in [0.1, 0.15) is 12.4 Å². The minimum atomic E-state index is 0. The summed E-state index contributed by atoms with van der Waals surface area (Å²) in [7, 11) is 1.76. The molecule has 0 aromatic heterocycles. The maximum absolute atomic E-state index is 5.80. The van der Waals surface area contributed by atoms with Crippen LogP contribution in [0.25, 0.3) is 0 Å². The molecule has 20 heavy (non-hydrogen) atoms. The van der Waals surface area contributed by atoms with Gasteiger partial charge in [-0.2, -0.15) is 0 Å². The Labute approximate surface area is 143 Å². The minimum absolute atomic E-state index is 0. The van der Waals surface area contributed by atoms with Crippen molar-refractivity contribution in [3.63, 3.8) is 0 Å². The van der Waals surface area contributed by atoms with Crippen LogP contribution in [0.4, 0.5) is 0 Å². The molecule has 0 bridgehead atoms. The molecule has 114 valence electrons. The summed E-state index contributed by atoms with van der Waals surface area (Å²) >= 11 is 5.80. The zero-order valence-corrected chi connectivity index (χ0v) is 15.2. The Hall–Kier alpha value is -0.690. The van der Waals surface area contributed by atoms with Gasteiger partial charge in [0.05, 0.1) is 6.54 Å². The molecule has 1 aromatic carbocycles. The highest BCUT2D eigenvalue weighted by Gasteiger charge is 1.99. The summed E-state index contributed by atoms with van der Waals surface area (Å²) in [6, 6.07) is 7.34. The van der Waals surface area contributed by atoms with Crippen LogP contribution in [0.2, 0.25) is 5.02 Å². The molecule has 1 aromatic rings. The topological polar surface area (TPSA) is 45.7 Å². The lowest BCUT2D eigenvalue weighted by Crippen LogP contribution is -2.40. The highest BCUT2D eigenvalue weighted by atomic mass is 127. The van der Waals surface area contributed by atoms with E-state index in [1.54, 1.807) is 7.05 Å². The summed E-state index contributed by atoms with van der Waals surface area (Å²) in [5.74, 6) is 2.20. The largest absolute Gasteiger partial charge is 0.492 e. The van der Waals surface area contributed by atoms with Gasteiger partial charge >= 0.3 is 0 Å². The van der Waals surface area contributed by atoms with E-state index in [0.717, 1.165) is 18.3 Å². The zero-order valence-electron chi connectivity index (χ0n) is 12.1. The predicted octanol–water partition coefficient (Wildman–Crippen LogP) is 3.16. The molecule has 0 aliphatic rings. The summed E-state index contributed by atoms with van der Waals surface area (Å²) in [6.45, 7) is 6.48. The Morgan fingerprint density at radius 2 is 1.90 bits per heavy atom. The third kappa shape index (κ3) is 8.47. The van der Waals surface area contributed by atoms with E-state index in [1.165, 1.54) is 0 Å². The van der Waals surface area contributed by atoms with Crippen LogP contribution in [0.3, 0.4) is 0 Å². The number of hydrogen-bond donors (Lipinski definition) is 2. The first-order valence-electron chi connectivity index (χ1n) is 6.44. The Morgan fingerprint density at radius 3 is 2.45 bits per heavy atom. The van der Waals surface area contributed by atoms with Crippen molar-refractivity contribution >= 4 is 41.5 Å². The minimum Gasteiger partial charge on any atom is -0.492 e. The number of hydrogen-bond acceptors (Lipinski definition) is 2. The van der Waals surface area contributed by atoms with Crippen LogP contribution < -0.4 is 15.4 Å². The quantitative estimate of drug-likeness (QED) is 0.327. The second-order valence-electron chi connectivity index (χ2n) is 4.58. The highest BCUT2D eigenvalue weighted by Crippen LogP contribution is 2.14. The van der Waals surface area contributed by atoms with Gasteiger partial charge in [0, 0.05) is 18.6 Å². The van der Waals surface area contributed by atoms with Gasteiger partial charge in [-0.05, 0) is 30.2 Å². The third-order valence-corrected chi connectivity index (χ3v) is 2.63. The molecule has 0 atom stereocenters. The average molecular weight is 412 g/mol. The number of nitrogens with zero attached hydrogens (tertiary/aromatic N) is 1. The molecule has 2 N–H and O–H groups in total. The number of ether oxygens (including phenoxy) is 1. The van der Waals surface area contributed by atoms with Gasteiger partial charge in [-0.1, -0.05) is 25.4 Å². The van der Waals surface area contributed by atoms with Gasteiger partial charge in [0.2, 0.25) is 0 Å². The van der Waals surface area contributed by atoms with Crippen LogP contribution >= 0.6 is 35.6 Å². The first-order valence-corrected chi connectivity index (χ1v) is 6.82. The monoisotopic (exact) mass is 411 g/mol. The molecular weight excluding hydrogens is 389 g/mol. The molecule has 0 aliphatic carbocycles. The highest BCUT2D eigenvalue weighted by molar-refractivity contribution is 14.0. The normalized spacial score (nSPS) is 10.9. The van der Waals surface area contributed by atoms with E-state index in [2.05, 4.69) is 29.5 Å². The molecule has 0 fully saturated rings. The van der Waals surface area contributed by atoms with Crippen molar-refractivity contribution < 1.29 is 4.74 Å². The van der Waals surface area contributed by atoms with Gasteiger partial charge < -0.3 is 15.4 Å². The van der Waals surface area contributed by atoms with Crippen LogP contribution in [0.1, 0.15) is 13.8 Å². The first-order chi connectivity index (χ1) is 9.11. The molecule has 0 spiro atoms. The number of benzene rings is 1. The van der Waals surface area contributed by atoms with E-state index in [0.29, 0.717) is 24.1 Å². The lowest BCUT2D eigenvalue weighted by molar-refractivity contribution is 0.322. The van der Waals surface area contributed by atoms with E-state index in [1.807, 2.05) is 24.3 Å². The number of guanidine groups is 1. The second kappa shape index (κ2) is 11.0. The van der Waals surface area contributed by atoms with Gasteiger partial charge in [0.25, 0.3) is 0 Å². The molecular formula is C14H23ClIN3O. The molecule has 0 aliphatic heterocycles. The predicted molar refractivity (Wildman–Crippen MR) is 96.6 cm³/mol. The van der Waals surface area contributed by atoms with Crippen LogP contribution in [0.15, 0.2) is 29.3 Å². The number of halogens is 2. The molecule has 0 unspecified atom stereocenters. The van der Waals surface area contributed by atoms with Gasteiger partial charge in [0.15, 0.2) is 5.96 Å². The van der Waals surface area contributed by atoms with Crippen molar-refractivity contribution in [2.75, 3.05) is 26.7 Å². The second-order valence-corrected chi connectivity index (χ2v) is 5.01. The van der Waals surface area contributed by atoms with Crippen molar-refractivity contribution in [1.29, 1.82) is 0 Å². The summed E-state index contributed by atoms with van der Waals surface area (Å²) in [4.78, 5) is 4.14. The lowest BCUT2D eigenvalue weighted by atomic mass is 10.2. The van der Waals surface area contributed by atoms with Gasteiger partial charge in [-0.3, -0.25) is 4.99 Å². The van der Waals surface area contributed by atoms with Crippen LogP contribution in [0.5, 0.6) is 5.75 Å². The maximum Gasteiger partial charge on any atom is 0.191 e. The standard InChI is InChI=1S/C14H22ClN3O.HI/c1-11(2)10-18-14(16-3)17-8-9-19-13-6-4-12(15)5-7-13;/h4-7,11H,8-10H2,1-3H3,(H2,16,17,18);1H. The molecule has 0 saturated heterocycles. The smallest absolute Gasteiger partial charge is 0.191 e. The Balaban J connectivity index is 0.00000361. The number of aliphatic imine (C=N–C) groups is 1. The SMILES string of the molecule is CN=C(NCCOc1ccc(Cl)cc1)NCC(C)C.I. The Kier molecular flexibility index (Phi) is 10.6. The summed E-state index contributed by atoms with van der Waals surface area (Å²) < 4.78 is 5.58. The summed E-state index contributed by atoms with van der Waals surface area (Å²) in [5, 5.41) is 7.15. The fourth-order valence-electron chi connectivity index (χ4n) is 1.39. The van der Waals surface area contributed by atoms with E-state index in [-0.39, 0.29) is 24.0 Å². The van der Waals surface area contributed by atoms with Crippen LogP contribution in [-0.4, -0.2) is 32.7 Å². The van der Waals surface area contributed by atoms with Crippen molar-refractivity contribution in [2.45, 2.75) is 13.8 Å².